The van der Waals surface area contributed by atoms with Crippen molar-refractivity contribution < 1.29 is 17.9 Å². The third-order valence-corrected chi connectivity index (χ3v) is 8.00. The van der Waals surface area contributed by atoms with Crippen LogP contribution >= 0.6 is 0 Å². The van der Waals surface area contributed by atoms with Crippen molar-refractivity contribution in [1.29, 1.82) is 0 Å². The molecule has 0 radical (unpaired) electrons. The Kier molecular flexibility index (Phi) is 5.94. The second-order valence-corrected chi connectivity index (χ2v) is 11.7. The van der Waals surface area contributed by atoms with Crippen LogP contribution in [0.5, 0.6) is 0 Å². The Bertz CT molecular complexity index is 1300. The van der Waals surface area contributed by atoms with E-state index in [9.17, 15) is 18.4 Å². The lowest BCUT2D eigenvalue weighted by Crippen LogP contribution is -2.38. The van der Waals surface area contributed by atoms with Crippen LogP contribution in [0.25, 0.3) is 11.0 Å². The second kappa shape index (κ2) is 8.44. The van der Waals surface area contributed by atoms with Gasteiger partial charge in [-0.25, -0.2) is 13.4 Å². The number of likely N-dealkylation sites (tertiary alicyclic amines) is 1. The van der Waals surface area contributed by atoms with Crippen LogP contribution in [-0.4, -0.2) is 41.9 Å². The molecule has 176 valence electrons. The summed E-state index contributed by atoms with van der Waals surface area (Å²) in [5, 5.41) is 11.6. The molecule has 1 saturated heterocycles. The van der Waals surface area contributed by atoms with Crippen LogP contribution in [0.2, 0.25) is 0 Å². The van der Waals surface area contributed by atoms with E-state index in [1.165, 1.54) is 18.3 Å². The van der Waals surface area contributed by atoms with Crippen LogP contribution in [0.3, 0.4) is 0 Å². The summed E-state index contributed by atoms with van der Waals surface area (Å²) in [6, 6.07) is 7.83. The Morgan fingerprint density at radius 2 is 1.88 bits per heavy atom. The normalized spacial score (nSPS) is 15.8. The van der Waals surface area contributed by atoms with Gasteiger partial charge in [-0.1, -0.05) is 20.8 Å². The van der Waals surface area contributed by atoms with Gasteiger partial charge in [-0.05, 0) is 43.0 Å². The molecule has 0 bridgehead atoms. The molecule has 33 heavy (non-hydrogen) atoms. The van der Waals surface area contributed by atoms with Crippen molar-refractivity contribution in [2.45, 2.75) is 62.3 Å². The molecule has 0 atom stereocenters. The van der Waals surface area contributed by atoms with Crippen LogP contribution in [-0.2, 0) is 26.6 Å². The van der Waals surface area contributed by atoms with Gasteiger partial charge in [-0.3, -0.25) is 4.79 Å². The molecule has 1 aliphatic rings. The van der Waals surface area contributed by atoms with Crippen molar-refractivity contribution in [1.82, 2.24) is 14.5 Å². The number of nitrogens with zero attached hydrogens (tertiary/aromatic N) is 4. The zero-order valence-corrected chi connectivity index (χ0v) is 20.3. The number of hydrogen-bond acceptors (Lipinski definition) is 5. The number of carbonyl (C=O) groups is 1. The highest BCUT2D eigenvalue weighted by molar-refractivity contribution is 7.91. The highest BCUT2D eigenvalue weighted by Crippen LogP contribution is 2.31. The summed E-state index contributed by atoms with van der Waals surface area (Å²) in [5.41, 5.74) is 1.28. The fraction of sp³-hybridized carbons (Fsp3) is 0.458. The largest absolute Gasteiger partial charge is 0.619 e. The van der Waals surface area contributed by atoms with E-state index in [1.807, 2.05) is 11.0 Å². The molecular weight excluding hydrogens is 440 g/mol. The van der Waals surface area contributed by atoms with Gasteiger partial charge in [-0.15, -0.1) is 0 Å². The summed E-state index contributed by atoms with van der Waals surface area (Å²) < 4.78 is 28.9. The number of piperidine rings is 1. The van der Waals surface area contributed by atoms with Crippen LogP contribution in [0.4, 0.5) is 0 Å². The fourth-order valence-electron chi connectivity index (χ4n) is 4.45. The number of aromatic nitrogens is 3. The van der Waals surface area contributed by atoms with Gasteiger partial charge in [0.1, 0.15) is 10.7 Å². The maximum absolute atomic E-state index is 13.1. The van der Waals surface area contributed by atoms with Gasteiger partial charge in [0.15, 0.2) is 12.4 Å². The molecule has 0 saturated carbocycles. The van der Waals surface area contributed by atoms with Crippen molar-refractivity contribution in [2.75, 3.05) is 13.1 Å². The van der Waals surface area contributed by atoms with Crippen molar-refractivity contribution in [3.63, 3.8) is 0 Å². The van der Waals surface area contributed by atoms with E-state index < -0.39 is 9.84 Å². The van der Waals surface area contributed by atoms with E-state index in [0.29, 0.717) is 16.2 Å². The Hall–Kier alpha value is -2.94. The van der Waals surface area contributed by atoms with Crippen molar-refractivity contribution in [3.05, 3.63) is 53.8 Å². The molecule has 1 aromatic carbocycles. The summed E-state index contributed by atoms with van der Waals surface area (Å²) in [6.07, 6.45) is 4.17. The lowest BCUT2D eigenvalue weighted by molar-refractivity contribution is -0.607. The molecule has 8 nitrogen and oxygen atoms in total. The fourth-order valence-corrected chi connectivity index (χ4v) is 5.74. The molecule has 9 heteroatoms. The summed E-state index contributed by atoms with van der Waals surface area (Å²) in [4.78, 5) is 18.5. The standard InChI is InChI=1S/C24H30N4O4S/c1-17(29)26-12-9-18(10-13-26)15-28-22-8-7-19(14-21(22)25-23(28)24(2,3)4)33(31,32)20-6-5-11-27(30)16-20/h5-8,11,14,16,18H,9-10,12-13,15H2,1-4H3. The minimum absolute atomic E-state index is 0.0490. The Labute approximate surface area is 194 Å². The van der Waals surface area contributed by atoms with Gasteiger partial charge in [0.05, 0.1) is 15.9 Å². The molecular formula is C24H30N4O4S. The van der Waals surface area contributed by atoms with Crippen molar-refractivity contribution in [2.24, 2.45) is 5.92 Å². The van der Waals surface area contributed by atoms with E-state index in [4.69, 9.17) is 4.98 Å². The highest BCUT2D eigenvalue weighted by atomic mass is 32.2. The Balaban J connectivity index is 1.71. The molecule has 0 N–H and O–H groups in total. The first-order chi connectivity index (χ1) is 15.5. The molecule has 1 amide bonds. The first-order valence-corrected chi connectivity index (χ1v) is 12.7. The van der Waals surface area contributed by atoms with Gasteiger partial charge in [-0.2, -0.15) is 4.73 Å². The van der Waals surface area contributed by atoms with E-state index in [-0.39, 0.29) is 21.1 Å². The first kappa shape index (κ1) is 23.2. The molecule has 3 heterocycles. The number of fused-ring (bicyclic) bond motifs is 1. The number of carbonyl (C=O) groups excluding carboxylic acids is 1. The predicted octanol–water partition coefficient (Wildman–Crippen LogP) is 3.06. The monoisotopic (exact) mass is 470 g/mol. The molecule has 2 aromatic heterocycles. The van der Waals surface area contributed by atoms with Crippen LogP contribution in [0, 0.1) is 11.1 Å². The van der Waals surface area contributed by atoms with Gasteiger partial charge in [0.2, 0.25) is 15.7 Å². The average Bonchev–Trinajstić information content (AvgIpc) is 3.12. The summed E-state index contributed by atoms with van der Waals surface area (Å²) in [6.45, 7) is 10.2. The summed E-state index contributed by atoms with van der Waals surface area (Å²) >= 11 is 0. The van der Waals surface area contributed by atoms with Gasteiger partial charge >= 0.3 is 0 Å². The number of amides is 1. The molecule has 1 fully saturated rings. The van der Waals surface area contributed by atoms with Crippen LogP contribution in [0.1, 0.15) is 46.4 Å². The van der Waals surface area contributed by atoms with E-state index in [1.54, 1.807) is 19.1 Å². The number of hydrogen-bond donors (Lipinski definition) is 0. The average molecular weight is 471 g/mol. The molecule has 4 rings (SSSR count). The maximum atomic E-state index is 13.1. The van der Waals surface area contributed by atoms with Crippen LogP contribution in [0.15, 0.2) is 52.5 Å². The zero-order chi connectivity index (χ0) is 24.0. The minimum atomic E-state index is -3.84. The lowest BCUT2D eigenvalue weighted by Gasteiger charge is -2.32. The number of pyridine rings is 1. The molecule has 3 aromatic rings. The first-order valence-electron chi connectivity index (χ1n) is 11.2. The van der Waals surface area contributed by atoms with E-state index in [0.717, 1.165) is 50.0 Å². The van der Waals surface area contributed by atoms with E-state index in [2.05, 4.69) is 25.3 Å². The number of benzene rings is 1. The van der Waals surface area contributed by atoms with Gasteiger partial charge < -0.3 is 14.7 Å². The Morgan fingerprint density at radius 3 is 2.48 bits per heavy atom. The van der Waals surface area contributed by atoms with Crippen LogP contribution < -0.4 is 4.73 Å². The smallest absolute Gasteiger partial charge is 0.219 e. The predicted molar refractivity (Wildman–Crippen MR) is 124 cm³/mol. The number of sulfone groups is 1. The minimum Gasteiger partial charge on any atom is -0.619 e. The molecule has 0 spiro atoms. The SMILES string of the molecule is CC(=O)N1CCC(Cn2c(C(C)(C)C)nc3cc(S(=O)(=O)c4ccc[n+]([O-])c4)ccc32)CC1. The summed E-state index contributed by atoms with van der Waals surface area (Å²) in [7, 11) is -3.84. The third-order valence-electron chi connectivity index (χ3n) is 6.26. The maximum Gasteiger partial charge on any atom is 0.219 e. The summed E-state index contributed by atoms with van der Waals surface area (Å²) in [5.74, 6) is 1.43. The van der Waals surface area contributed by atoms with Gasteiger partial charge in [0.25, 0.3) is 0 Å². The topological polar surface area (TPSA) is 99.2 Å². The molecule has 0 unspecified atom stereocenters. The van der Waals surface area contributed by atoms with Crippen molar-refractivity contribution >= 4 is 26.8 Å². The van der Waals surface area contributed by atoms with Gasteiger partial charge in [0, 0.05) is 38.0 Å². The molecule has 1 aliphatic heterocycles. The number of imidazole rings is 1. The second-order valence-electron chi connectivity index (χ2n) is 9.80. The quantitative estimate of drug-likeness (QED) is 0.431. The van der Waals surface area contributed by atoms with Crippen molar-refractivity contribution in [3.8, 4) is 0 Å². The lowest BCUT2D eigenvalue weighted by atomic mass is 9.93. The number of rotatable bonds is 4. The highest BCUT2D eigenvalue weighted by Gasteiger charge is 2.28. The Morgan fingerprint density at radius 1 is 1.18 bits per heavy atom. The zero-order valence-electron chi connectivity index (χ0n) is 19.5. The third kappa shape index (κ3) is 4.59. The van der Waals surface area contributed by atoms with E-state index >= 15 is 0 Å². The molecule has 0 aliphatic carbocycles.